The average Bonchev–Trinajstić information content (AvgIpc) is 3.02. The van der Waals surface area contributed by atoms with Crippen LogP contribution in [0.25, 0.3) is 16.5 Å². The lowest BCUT2D eigenvalue weighted by Gasteiger charge is -2.32. The van der Waals surface area contributed by atoms with Crippen LogP contribution in [0.15, 0.2) is 97.1 Å². The van der Waals surface area contributed by atoms with Crippen molar-refractivity contribution in [2.24, 2.45) is 0 Å². The van der Waals surface area contributed by atoms with Gasteiger partial charge in [0.25, 0.3) is 0 Å². The normalized spacial score (nSPS) is 16.2. The van der Waals surface area contributed by atoms with E-state index in [0.717, 1.165) is 16.3 Å². The monoisotopic (exact) mass is 388 g/mol. The summed E-state index contributed by atoms with van der Waals surface area (Å²) in [6.45, 7) is 0. The van der Waals surface area contributed by atoms with Gasteiger partial charge in [0.2, 0.25) is 0 Å². The van der Waals surface area contributed by atoms with Crippen LogP contribution in [0.5, 0.6) is 5.75 Å². The molecule has 0 aromatic heterocycles. The summed E-state index contributed by atoms with van der Waals surface area (Å²) in [7, 11) is 0. The standard InChI is InChI=1S/C27H16O3/c28-25-20-12-6-7-13-21(20)26(29)27(25)16-23(18-9-2-1-3-10-18)30-22-15-14-17-8-4-5-11-19(17)24(22)27/h1-16H. The van der Waals surface area contributed by atoms with Crippen LogP contribution in [0, 0.1) is 0 Å². The molecule has 0 radical (unpaired) electrons. The van der Waals surface area contributed by atoms with Crippen LogP contribution in [-0.2, 0) is 5.41 Å². The van der Waals surface area contributed by atoms with Crippen molar-refractivity contribution in [2.75, 3.05) is 0 Å². The van der Waals surface area contributed by atoms with E-state index >= 15 is 0 Å². The first-order chi connectivity index (χ1) is 14.7. The van der Waals surface area contributed by atoms with Crippen LogP contribution in [-0.4, -0.2) is 11.6 Å². The molecule has 0 saturated carbocycles. The fraction of sp³-hybridized carbons (Fsp3) is 0.0370. The van der Waals surface area contributed by atoms with Gasteiger partial charge in [0.05, 0.1) is 0 Å². The summed E-state index contributed by atoms with van der Waals surface area (Å²) < 4.78 is 6.26. The second kappa shape index (κ2) is 6.01. The molecule has 4 aromatic carbocycles. The van der Waals surface area contributed by atoms with E-state index in [2.05, 4.69) is 0 Å². The molecule has 3 nitrogen and oxygen atoms in total. The molecule has 3 heteroatoms. The lowest BCUT2D eigenvalue weighted by molar-refractivity contribution is 0.0830. The van der Waals surface area contributed by atoms with E-state index in [0.29, 0.717) is 28.2 Å². The van der Waals surface area contributed by atoms with Gasteiger partial charge in [0, 0.05) is 22.3 Å². The SMILES string of the molecule is O=C1c2ccccc2C(=O)C12C=C(c1ccccc1)Oc1ccc3ccccc3c12. The summed E-state index contributed by atoms with van der Waals surface area (Å²) in [5, 5.41) is 1.82. The number of rotatable bonds is 1. The molecule has 30 heavy (non-hydrogen) atoms. The number of hydrogen-bond donors (Lipinski definition) is 0. The second-order valence-corrected chi connectivity index (χ2v) is 7.65. The van der Waals surface area contributed by atoms with E-state index in [1.165, 1.54) is 0 Å². The van der Waals surface area contributed by atoms with E-state index in [-0.39, 0.29) is 11.6 Å². The molecule has 0 fully saturated rings. The van der Waals surface area contributed by atoms with Crippen molar-refractivity contribution in [3.63, 3.8) is 0 Å². The first-order valence-corrected chi connectivity index (χ1v) is 9.87. The smallest absolute Gasteiger partial charge is 0.186 e. The predicted octanol–water partition coefficient (Wildman–Crippen LogP) is 5.59. The topological polar surface area (TPSA) is 43.4 Å². The highest BCUT2D eigenvalue weighted by atomic mass is 16.5. The predicted molar refractivity (Wildman–Crippen MR) is 116 cm³/mol. The zero-order valence-corrected chi connectivity index (χ0v) is 16.0. The van der Waals surface area contributed by atoms with E-state index in [1.54, 1.807) is 30.3 Å². The molecule has 0 N–H and O–H groups in total. The third-order valence-corrected chi connectivity index (χ3v) is 6.04. The second-order valence-electron chi connectivity index (χ2n) is 7.65. The molecular weight excluding hydrogens is 372 g/mol. The summed E-state index contributed by atoms with van der Waals surface area (Å²) in [6.07, 6.45) is 1.72. The number of hydrogen-bond acceptors (Lipinski definition) is 3. The summed E-state index contributed by atoms with van der Waals surface area (Å²) >= 11 is 0. The minimum Gasteiger partial charge on any atom is -0.457 e. The molecule has 2 aliphatic rings. The van der Waals surface area contributed by atoms with Crippen molar-refractivity contribution in [3.8, 4) is 5.75 Å². The molecule has 0 bridgehead atoms. The molecule has 1 aliphatic heterocycles. The molecule has 1 spiro atoms. The van der Waals surface area contributed by atoms with Crippen molar-refractivity contribution < 1.29 is 14.3 Å². The average molecular weight is 388 g/mol. The fourth-order valence-corrected chi connectivity index (χ4v) is 4.67. The number of benzene rings is 4. The number of fused-ring (bicyclic) bond motifs is 5. The zero-order chi connectivity index (χ0) is 20.3. The molecule has 0 saturated heterocycles. The Labute approximate surface area is 173 Å². The Balaban J connectivity index is 1.73. The number of ether oxygens (including phenoxy) is 1. The Bertz CT molecular complexity index is 1360. The highest BCUT2D eigenvalue weighted by Gasteiger charge is 2.56. The Hall–Kier alpha value is -3.98. The van der Waals surface area contributed by atoms with E-state index in [1.807, 2.05) is 66.7 Å². The van der Waals surface area contributed by atoms with Crippen molar-refractivity contribution in [2.45, 2.75) is 5.41 Å². The molecule has 1 heterocycles. The quantitative estimate of drug-likeness (QED) is 0.399. The molecule has 6 rings (SSSR count). The number of Topliss-reactive ketones (excluding diaryl/α,β-unsaturated/α-hetero) is 2. The highest BCUT2D eigenvalue weighted by Crippen LogP contribution is 2.51. The van der Waals surface area contributed by atoms with Gasteiger partial charge in [-0.15, -0.1) is 0 Å². The molecule has 142 valence electrons. The molecule has 0 atom stereocenters. The number of allylic oxidation sites excluding steroid dienone is 1. The van der Waals surface area contributed by atoms with Crippen LogP contribution in [0.2, 0.25) is 0 Å². The third kappa shape index (κ3) is 2.09. The maximum atomic E-state index is 13.8. The van der Waals surface area contributed by atoms with Gasteiger partial charge < -0.3 is 4.74 Å². The number of carbonyl (C=O) groups is 2. The number of carbonyl (C=O) groups excluding carboxylic acids is 2. The lowest BCUT2D eigenvalue weighted by atomic mass is 9.72. The first-order valence-electron chi connectivity index (χ1n) is 9.87. The van der Waals surface area contributed by atoms with Gasteiger partial charge in [0.1, 0.15) is 16.9 Å². The third-order valence-electron chi connectivity index (χ3n) is 6.04. The summed E-state index contributed by atoms with van der Waals surface area (Å²) in [5.74, 6) is 0.673. The minimum absolute atomic E-state index is 0.197. The van der Waals surface area contributed by atoms with Gasteiger partial charge in [-0.3, -0.25) is 9.59 Å². The van der Waals surface area contributed by atoms with Crippen LogP contribution in [0.1, 0.15) is 31.8 Å². The molecule has 4 aromatic rings. The van der Waals surface area contributed by atoms with E-state index in [9.17, 15) is 9.59 Å². The molecule has 0 unspecified atom stereocenters. The molecule has 0 amide bonds. The van der Waals surface area contributed by atoms with Crippen molar-refractivity contribution >= 4 is 28.1 Å². The first kappa shape index (κ1) is 16.9. The largest absolute Gasteiger partial charge is 0.457 e. The summed E-state index contributed by atoms with van der Waals surface area (Å²) in [5.41, 5.74) is 0.959. The Morgan fingerprint density at radius 1 is 0.633 bits per heavy atom. The van der Waals surface area contributed by atoms with Gasteiger partial charge in [-0.25, -0.2) is 0 Å². The van der Waals surface area contributed by atoms with Crippen LogP contribution < -0.4 is 4.74 Å². The lowest BCUT2D eigenvalue weighted by Crippen LogP contribution is -2.39. The Kier molecular flexibility index (Phi) is 3.39. The number of ketones is 2. The fourth-order valence-electron chi connectivity index (χ4n) is 4.67. The van der Waals surface area contributed by atoms with Gasteiger partial charge in [-0.2, -0.15) is 0 Å². The maximum absolute atomic E-state index is 13.8. The van der Waals surface area contributed by atoms with Crippen LogP contribution in [0.3, 0.4) is 0 Å². The van der Waals surface area contributed by atoms with Gasteiger partial charge in [-0.1, -0.05) is 84.9 Å². The van der Waals surface area contributed by atoms with Crippen molar-refractivity contribution in [1.29, 1.82) is 0 Å². The Morgan fingerprint density at radius 3 is 2.00 bits per heavy atom. The van der Waals surface area contributed by atoms with Crippen LogP contribution in [0.4, 0.5) is 0 Å². The highest BCUT2D eigenvalue weighted by molar-refractivity contribution is 6.36. The maximum Gasteiger partial charge on any atom is 0.186 e. The van der Waals surface area contributed by atoms with Gasteiger partial charge in [0.15, 0.2) is 11.6 Å². The minimum atomic E-state index is -1.43. The van der Waals surface area contributed by atoms with Crippen molar-refractivity contribution in [3.05, 3.63) is 119 Å². The van der Waals surface area contributed by atoms with Gasteiger partial charge in [-0.05, 0) is 22.9 Å². The summed E-state index contributed by atoms with van der Waals surface area (Å²) in [4.78, 5) is 27.7. The molecular formula is C27H16O3. The summed E-state index contributed by atoms with van der Waals surface area (Å²) in [6, 6.07) is 28.3. The molecule has 1 aliphatic carbocycles. The zero-order valence-electron chi connectivity index (χ0n) is 16.0. The van der Waals surface area contributed by atoms with E-state index in [4.69, 9.17) is 4.74 Å². The van der Waals surface area contributed by atoms with Gasteiger partial charge >= 0.3 is 0 Å². The van der Waals surface area contributed by atoms with Crippen LogP contribution >= 0.6 is 0 Å². The van der Waals surface area contributed by atoms with Crippen molar-refractivity contribution in [1.82, 2.24) is 0 Å². The Morgan fingerprint density at radius 2 is 1.27 bits per heavy atom. The van der Waals surface area contributed by atoms with E-state index < -0.39 is 5.41 Å².